The third kappa shape index (κ3) is 2.63. The third-order valence-electron chi connectivity index (χ3n) is 2.12. The van der Waals surface area contributed by atoms with E-state index in [9.17, 15) is 0 Å². The Kier molecular flexibility index (Phi) is 3.08. The topological polar surface area (TPSA) is 90.3 Å². The van der Waals surface area contributed by atoms with Crippen LogP contribution in [0.2, 0.25) is 0 Å². The van der Waals surface area contributed by atoms with Crippen molar-refractivity contribution in [3.63, 3.8) is 0 Å². The summed E-state index contributed by atoms with van der Waals surface area (Å²) in [5, 5.41) is 0. The first kappa shape index (κ1) is 11.2. The number of rotatable bonds is 4. The SMILES string of the molecule is COc1nc(N)nc(N(C)Cc2ccco2)n1. The Morgan fingerprint density at radius 1 is 1.41 bits per heavy atom. The average Bonchev–Trinajstić information content (AvgIpc) is 2.81. The molecule has 2 N–H and O–H groups in total. The summed E-state index contributed by atoms with van der Waals surface area (Å²) in [7, 11) is 3.31. The summed E-state index contributed by atoms with van der Waals surface area (Å²) in [5.41, 5.74) is 5.55. The van der Waals surface area contributed by atoms with Crippen LogP contribution in [-0.2, 0) is 6.54 Å². The molecule has 0 aromatic carbocycles. The van der Waals surface area contributed by atoms with E-state index in [4.69, 9.17) is 14.9 Å². The zero-order valence-electron chi connectivity index (χ0n) is 9.62. The van der Waals surface area contributed by atoms with Gasteiger partial charge in [-0.15, -0.1) is 0 Å². The number of anilines is 2. The predicted octanol–water partition coefficient (Wildman–Crippen LogP) is 0.692. The highest BCUT2D eigenvalue weighted by molar-refractivity contribution is 5.35. The molecule has 2 heterocycles. The second kappa shape index (κ2) is 4.69. The Morgan fingerprint density at radius 2 is 2.24 bits per heavy atom. The number of hydrogen-bond donors (Lipinski definition) is 1. The Labute approximate surface area is 98.2 Å². The average molecular weight is 235 g/mol. The smallest absolute Gasteiger partial charge is 0.322 e. The molecule has 0 atom stereocenters. The molecule has 2 rings (SSSR count). The van der Waals surface area contributed by atoms with Crippen molar-refractivity contribution in [3.8, 4) is 6.01 Å². The summed E-state index contributed by atoms with van der Waals surface area (Å²) in [5.74, 6) is 1.37. The molecule has 90 valence electrons. The van der Waals surface area contributed by atoms with Gasteiger partial charge >= 0.3 is 6.01 Å². The molecule has 0 aliphatic rings. The van der Waals surface area contributed by atoms with E-state index >= 15 is 0 Å². The minimum absolute atomic E-state index is 0.123. The molecule has 17 heavy (non-hydrogen) atoms. The van der Waals surface area contributed by atoms with E-state index in [1.807, 2.05) is 19.2 Å². The number of hydrogen-bond acceptors (Lipinski definition) is 7. The summed E-state index contributed by atoms with van der Waals surface area (Å²) in [6.45, 7) is 0.541. The van der Waals surface area contributed by atoms with Crippen molar-refractivity contribution in [2.24, 2.45) is 0 Å². The van der Waals surface area contributed by atoms with Gasteiger partial charge in [-0.2, -0.15) is 15.0 Å². The molecule has 0 aliphatic heterocycles. The van der Waals surface area contributed by atoms with Crippen molar-refractivity contribution in [3.05, 3.63) is 24.2 Å². The first-order valence-corrected chi connectivity index (χ1v) is 4.98. The molecule has 7 heteroatoms. The maximum Gasteiger partial charge on any atom is 0.322 e. The lowest BCUT2D eigenvalue weighted by Gasteiger charge is -2.15. The molecule has 0 saturated heterocycles. The zero-order valence-corrected chi connectivity index (χ0v) is 9.62. The molecular weight excluding hydrogens is 222 g/mol. The van der Waals surface area contributed by atoms with Crippen LogP contribution >= 0.6 is 0 Å². The standard InChI is InChI=1S/C10H13N5O2/c1-15(6-7-4-3-5-17-7)9-12-8(11)13-10(14-9)16-2/h3-5H,6H2,1-2H3,(H2,11,12,13,14). The molecule has 0 radical (unpaired) electrons. The van der Waals surface area contributed by atoms with E-state index in [2.05, 4.69) is 15.0 Å². The fourth-order valence-corrected chi connectivity index (χ4v) is 1.33. The van der Waals surface area contributed by atoms with Crippen LogP contribution in [0.5, 0.6) is 6.01 Å². The Bertz CT molecular complexity index is 485. The number of ether oxygens (including phenoxy) is 1. The number of furan rings is 1. The van der Waals surface area contributed by atoms with Crippen LogP contribution in [0, 0.1) is 0 Å². The first-order chi connectivity index (χ1) is 8.19. The van der Waals surface area contributed by atoms with Gasteiger partial charge in [0.25, 0.3) is 0 Å². The van der Waals surface area contributed by atoms with Crippen LogP contribution in [0.15, 0.2) is 22.8 Å². The maximum absolute atomic E-state index is 5.55. The molecule has 0 aliphatic carbocycles. The second-order valence-corrected chi connectivity index (χ2v) is 3.42. The van der Waals surface area contributed by atoms with Crippen LogP contribution in [0.3, 0.4) is 0 Å². The highest BCUT2D eigenvalue weighted by atomic mass is 16.5. The van der Waals surface area contributed by atoms with Crippen molar-refractivity contribution in [1.82, 2.24) is 15.0 Å². The summed E-state index contributed by atoms with van der Waals surface area (Å²) in [4.78, 5) is 13.7. The summed E-state index contributed by atoms with van der Waals surface area (Å²) in [6.07, 6.45) is 1.62. The second-order valence-electron chi connectivity index (χ2n) is 3.42. The molecule has 0 fully saturated rings. The minimum Gasteiger partial charge on any atom is -0.467 e. The fraction of sp³-hybridized carbons (Fsp3) is 0.300. The van der Waals surface area contributed by atoms with Gasteiger partial charge < -0.3 is 19.8 Å². The molecule has 0 spiro atoms. The summed E-state index contributed by atoms with van der Waals surface area (Å²) < 4.78 is 10.2. The number of nitrogens with two attached hydrogens (primary N) is 1. The normalized spacial score (nSPS) is 10.2. The number of nitrogen functional groups attached to an aromatic ring is 1. The Hall–Kier alpha value is -2.31. The van der Waals surface area contributed by atoms with E-state index in [0.717, 1.165) is 5.76 Å². The lowest BCUT2D eigenvalue weighted by Crippen LogP contribution is -2.20. The Balaban J connectivity index is 2.18. The van der Waals surface area contributed by atoms with Gasteiger partial charge in [-0.25, -0.2) is 0 Å². The fourth-order valence-electron chi connectivity index (χ4n) is 1.33. The number of methoxy groups -OCH3 is 1. The lowest BCUT2D eigenvalue weighted by atomic mass is 10.4. The third-order valence-corrected chi connectivity index (χ3v) is 2.12. The van der Waals surface area contributed by atoms with E-state index < -0.39 is 0 Å². The molecule has 0 amide bonds. The molecule has 2 aromatic heterocycles. The predicted molar refractivity (Wildman–Crippen MR) is 61.6 cm³/mol. The maximum atomic E-state index is 5.55. The van der Waals surface area contributed by atoms with Gasteiger partial charge in [-0.3, -0.25) is 0 Å². The zero-order chi connectivity index (χ0) is 12.3. The molecule has 0 saturated carbocycles. The summed E-state index contributed by atoms with van der Waals surface area (Å²) >= 11 is 0. The summed E-state index contributed by atoms with van der Waals surface area (Å²) in [6, 6.07) is 3.89. The highest BCUT2D eigenvalue weighted by Crippen LogP contribution is 2.14. The molecule has 0 unspecified atom stereocenters. The van der Waals surface area contributed by atoms with Crippen molar-refractivity contribution in [1.29, 1.82) is 0 Å². The van der Waals surface area contributed by atoms with E-state index in [1.54, 1.807) is 11.2 Å². The van der Waals surface area contributed by atoms with Crippen LogP contribution in [0.4, 0.5) is 11.9 Å². The van der Waals surface area contributed by atoms with Crippen molar-refractivity contribution in [2.75, 3.05) is 24.8 Å². The molecule has 7 nitrogen and oxygen atoms in total. The molecule has 0 bridgehead atoms. The van der Waals surface area contributed by atoms with Crippen LogP contribution < -0.4 is 15.4 Å². The first-order valence-electron chi connectivity index (χ1n) is 4.98. The monoisotopic (exact) mass is 235 g/mol. The quantitative estimate of drug-likeness (QED) is 0.833. The molecular formula is C10H13N5O2. The number of nitrogens with zero attached hydrogens (tertiary/aromatic N) is 4. The van der Waals surface area contributed by atoms with E-state index in [0.29, 0.717) is 12.5 Å². The van der Waals surface area contributed by atoms with Crippen LogP contribution in [0.1, 0.15) is 5.76 Å². The highest BCUT2D eigenvalue weighted by Gasteiger charge is 2.10. The van der Waals surface area contributed by atoms with Gasteiger partial charge in [0.2, 0.25) is 11.9 Å². The van der Waals surface area contributed by atoms with Gasteiger partial charge in [0.05, 0.1) is 19.9 Å². The minimum atomic E-state index is 0.123. The Morgan fingerprint density at radius 3 is 2.88 bits per heavy atom. The molecule has 2 aromatic rings. The van der Waals surface area contributed by atoms with Crippen molar-refractivity contribution in [2.45, 2.75) is 6.54 Å². The van der Waals surface area contributed by atoms with Gasteiger partial charge in [0.1, 0.15) is 5.76 Å². The van der Waals surface area contributed by atoms with Gasteiger partial charge in [0.15, 0.2) is 0 Å². The van der Waals surface area contributed by atoms with Gasteiger partial charge in [0, 0.05) is 7.05 Å². The number of aromatic nitrogens is 3. The van der Waals surface area contributed by atoms with Crippen molar-refractivity contribution >= 4 is 11.9 Å². The van der Waals surface area contributed by atoms with E-state index in [-0.39, 0.29) is 12.0 Å². The largest absolute Gasteiger partial charge is 0.467 e. The van der Waals surface area contributed by atoms with E-state index in [1.165, 1.54) is 7.11 Å². The van der Waals surface area contributed by atoms with Crippen molar-refractivity contribution < 1.29 is 9.15 Å². The lowest BCUT2D eigenvalue weighted by molar-refractivity contribution is 0.379. The van der Waals surface area contributed by atoms with Crippen LogP contribution in [-0.4, -0.2) is 29.1 Å². The van der Waals surface area contributed by atoms with Crippen LogP contribution in [0.25, 0.3) is 0 Å². The van der Waals surface area contributed by atoms with Gasteiger partial charge in [-0.1, -0.05) is 0 Å². The van der Waals surface area contributed by atoms with Gasteiger partial charge in [-0.05, 0) is 12.1 Å².